The van der Waals surface area contributed by atoms with Crippen LogP contribution in [-0.4, -0.2) is 47.2 Å². The Kier molecular flexibility index (Phi) is 2.27. The van der Waals surface area contributed by atoms with Crippen molar-refractivity contribution in [2.75, 3.05) is 13.7 Å². The molecule has 1 aliphatic heterocycles. The lowest BCUT2D eigenvalue weighted by atomic mass is 9.35. The molecular formula is C16H24O5. The van der Waals surface area contributed by atoms with Crippen LogP contribution < -0.4 is 0 Å². The summed E-state index contributed by atoms with van der Waals surface area (Å²) in [5.74, 6) is -1.23. The van der Waals surface area contributed by atoms with Crippen LogP contribution in [-0.2, 0) is 14.3 Å². The molecule has 5 aliphatic rings. The van der Waals surface area contributed by atoms with Crippen molar-refractivity contribution in [3.8, 4) is 0 Å². The van der Waals surface area contributed by atoms with Crippen LogP contribution in [0.25, 0.3) is 0 Å². The van der Waals surface area contributed by atoms with Crippen LogP contribution in [0.3, 0.4) is 0 Å². The molecule has 0 unspecified atom stereocenters. The van der Waals surface area contributed by atoms with E-state index in [2.05, 4.69) is 0 Å². The second kappa shape index (κ2) is 3.37. The maximum atomic E-state index is 13.0. The predicted molar refractivity (Wildman–Crippen MR) is 73.3 cm³/mol. The van der Waals surface area contributed by atoms with E-state index in [0.29, 0.717) is 6.42 Å². The summed E-state index contributed by atoms with van der Waals surface area (Å²) in [4.78, 5) is 13.0. The summed E-state index contributed by atoms with van der Waals surface area (Å²) in [6, 6.07) is 0. The van der Waals surface area contributed by atoms with E-state index < -0.39 is 33.7 Å². The van der Waals surface area contributed by atoms with Gasteiger partial charge in [-0.3, -0.25) is 4.79 Å². The van der Waals surface area contributed by atoms with Gasteiger partial charge >= 0.3 is 0 Å². The van der Waals surface area contributed by atoms with Gasteiger partial charge in [-0.25, -0.2) is 0 Å². The first kappa shape index (κ1) is 14.1. The zero-order valence-electron chi connectivity index (χ0n) is 13.1. The first-order valence-corrected chi connectivity index (χ1v) is 7.81. The Labute approximate surface area is 124 Å². The second-order valence-corrected chi connectivity index (χ2v) is 7.96. The van der Waals surface area contributed by atoms with E-state index in [-0.39, 0.29) is 24.7 Å². The summed E-state index contributed by atoms with van der Waals surface area (Å²) in [7, 11) is 1.49. The zero-order valence-corrected chi connectivity index (χ0v) is 13.1. The molecule has 4 saturated carbocycles. The average Bonchev–Trinajstić information content (AvgIpc) is 2.84. The minimum Gasteiger partial charge on any atom is -0.388 e. The van der Waals surface area contributed by atoms with Crippen LogP contribution in [0.4, 0.5) is 0 Å². The monoisotopic (exact) mass is 296 g/mol. The number of ether oxygens (including phenoxy) is 2. The normalized spacial score (nSPS) is 65.0. The Hall–Kier alpha value is -0.490. The van der Waals surface area contributed by atoms with Crippen molar-refractivity contribution in [1.29, 1.82) is 0 Å². The number of hydrogen-bond donors (Lipinski definition) is 2. The SMILES string of the molecule is CO[C@]12OC[C@]3(C)[C@]4(O)CC[C@H](C)[C@]4(CC(=O)[C@]13C)[C@@H]2O. The maximum Gasteiger partial charge on any atom is 0.208 e. The molecule has 1 spiro atoms. The molecule has 0 aromatic carbocycles. The number of rotatable bonds is 1. The molecule has 0 amide bonds. The minimum atomic E-state index is -1.33. The number of ketones is 1. The molecule has 5 heteroatoms. The van der Waals surface area contributed by atoms with Crippen LogP contribution in [0.2, 0.25) is 0 Å². The Bertz CT molecular complexity index is 549. The second-order valence-electron chi connectivity index (χ2n) is 7.96. The fraction of sp³-hybridized carbons (Fsp3) is 0.938. The van der Waals surface area contributed by atoms with E-state index in [1.54, 1.807) is 6.92 Å². The van der Waals surface area contributed by atoms with E-state index in [9.17, 15) is 15.0 Å². The van der Waals surface area contributed by atoms with Gasteiger partial charge in [0.05, 0.1) is 17.6 Å². The Morgan fingerprint density at radius 3 is 2.67 bits per heavy atom. The topological polar surface area (TPSA) is 76.0 Å². The molecule has 118 valence electrons. The average molecular weight is 296 g/mol. The van der Waals surface area contributed by atoms with Crippen LogP contribution >= 0.6 is 0 Å². The van der Waals surface area contributed by atoms with Crippen molar-refractivity contribution >= 4 is 5.78 Å². The van der Waals surface area contributed by atoms with Gasteiger partial charge in [0.25, 0.3) is 0 Å². The third-order valence-electron chi connectivity index (χ3n) is 8.04. The van der Waals surface area contributed by atoms with Gasteiger partial charge in [-0.2, -0.15) is 0 Å². The van der Waals surface area contributed by atoms with Gasteiger partial charge in [0.1, 0.15) is 11.9 Å². The molecule has 0 radical (unpaired) electrons. The Balaban J connectivity index is 2.10. The molecular weight excluding hydrogens is 272 g/mol. The zero-order chi connectivity index (χ0) is 15.5. The van der Waals surface area contributed by atoms with Crippen LogP contribution in [0.15, 0.2) is 0 Å². The van der Waals surface area contributed by atoms with E-state index in [1.807, 2.05) is 13.8 Å². The van der Waals surface area contributed by atoms with Gasteiger partial charge in [-0.1, -0.05) is 13.8 Å². The predicted octanol–water partition coefficient (Wildman–Crippen LogP) is 0.867. The molecule has 7 atom stereocenters. The number of hydrogen-bond acceptors (Lipinski definition) is 5. The summed E-state index contributed by atoms with van der Waals surface area (Å²) in [5.41, 5.74) is -3.69. The summed E-state index contributed by atoms with van der Waals surface area (Å²) in [6.07, 6.45) is 0.641. The molecule has 0 aromatic heterocycles. The molecule has 1 heterocycles. The number of carbonyl (C=O) groups is 1. The maximum absolute atomic E-state index is 13.0. The number of methoxy groups -OCH3 is 1. The third-order valence-corrected chi connectivity index (χ3v) is 8.04. The molecule has 2 N–H and O–H groups in total. The van der Waals surface area contributed by atoms with Crippen LogP contribution in [0.5, 0.6) is 0 Å². The van der Waals surface area contributed by atoms with Crippen molar-refractivity contribution in [3.63, 3.8) is 0 Å². The van der Waals surface area contributed by atoms with Crippen LogP contribution in [0, 0.1) is 22.2 Å². The molecule has 5 nitrogen and oxygen atoms in total. The van der Waals surface area contributed by atoms with E-state index in [4.69, 9.17) is 9.47 Å². The lowest BCUT2D eigenvalue weighted by Crippen LogP contribution is -2.84. The fourth-order valence-corrected chi connectivity index (χ4v) is 6.49. The third kappa shape index (κ3) is 0.923. The smallest absolute Gasteiger partial charge is 0.208 e. The lowest BCUT2D eigenvalue weighted by molar-refractivity contribution is -0.375. The van der Waals surface area contributed by atoms with E-state index >= 15 is 0 Å². The molecule has 4 aliphatic carbocycles. The largest absolute Gasteiger partial charge is 0.388 e. The molecule has 5 rings (SSSR count). The minimum absolute atomic E-state index is 0.0491. The van der Waals surface area contributed by atoms with Crippen molar-refractivity contribution in [2.24, 2.45) is 22.2 Å². The van der Waals surface area contributed by atoms with Gasteiger partial charge in [0.2, 0.25) is 5.79 Å². The van der Waals surface area contributed by atoms with Gasteiger partial charge in [-0.05, 0) is 25.7 Å². The van der Waals surface area contributed by atoms with Crippen molar-refractivity contribution in [2.45, 2.75) is 57.5 Å². The molecule has 5 fully saturated rings. The highest BCUT2D eigenvalue weighted by Gasteiger charge is 2.91. The van der Waals surface area contributed by atoms with E-state index in [0.717, 1.165) is 6.42 Å². The first-order chi connectivity index (χ1) is 9.68. The number of aliphatic hydroxyl groups is 2. The Morgan fingerprint density at radius 1 is 1.38 bits per heavy atom. The quantitative estimate of drug-likeness (QED) is 0.751. The van der Waals surface area contributed by atoms with Crippen molar-refractivity contribution < 1.29 is 24.5 Å². The summed E-state index contributed by atoms with van der Waals surface area (Å²) >= 11 is 0. The first-order valence-electron chi connectivity index (χ1n) is 7.81. The van der Waals surface area contributed by atoms with Crippen molar-refractivity contribution in [3.05, 3.63) is 0 Å². The molecule has 0 aromatic rings. The molecule has 4 bridgehead atoms. The fourth-order valence-electron chi connectivity index (χ4n) is 6.49. The summed E-state index contributed by atoms with van der Waals surface area (Å²) in [6.45, 7) is 6.00. The Morgan fingerprint density at radius 2 is 2.05 bits per heavy atom. The van der Waals surface area contributed by atoms with Gasteiger partial charge in [0.15, 0.2) is 0 Å². The highest BCUT2D eigenvalue weighted by Crippen LogP contribution is 2.80. The highest BCUT2D eigenvalue weighted by atomic mass is 16.7. The van der Waals surface area contributed by atoms with Gasteiger partial charge < -0.3 is 19.7 Å². The van der Waals surface area contributed by atoms with Gasteiger partial charge in [0, 0.05) is 24.4 Å². The summed E-state index contributed by atoms with van der Waals surface area (Å²) < 4.78 is 11.6. The summed E-state index contributed by atoms with van der Waals surface area (Å²) in [5, 5.41) is 22.8. The van der Waals surface area contributed by atoms with Crippen LogP contribution in [0.1, 0.15) is 40.0 Å². The highest BCUT2D eigenvalue weighted by molar-refractivity contribution is 5.91. The number of aliphatic hydroxyl groups excluding tert-OH is 1. The number of carbonyl (C=O) groups excluding carboxylic acids is 1. The number of Topliss-reactive ketones (excluding diaryl/α,β-unsaturated/α-hetero) is 1. The molecule has 1 saturated heterocycles. The molecule has 21 heavy (non-hydrogen) atoms. The van der Waals surface area contributed by atoms with E-state index in [1.165, 1.54) is 7.11 Å². The number of fused-ring (bicyclic) bond motifs is 1. The standard InChI is InChI=1S/C16H24O5/c1-9-5-6-15(19)12(2)8-21-16(20-4)11(18)14(9,15)7-10(17)13(12,16)3/h9,11,18-19H,5-8H2,1-4H3/t9-,11-,12-,13-,14+,15+,16+/m0/s1. The lowest BCUT2D eigenvalue weighted by Gasteiger charge is -2.70. The van der Waals surface area contributed by atoms with Gasteiger partial charge in [-0.15, -0.1) is 0 Å². The van der Waals surface area contributed by atoms with Crippen molar-refractivity contribution in [1.82, 2.24) is 0 Å².